The van der Waals surface area contributed by atoms with Crippen molar-refractivity contribution in [1.82, 2.24) is 4.40 Å². The van der Waals surface area contributed by atoms with Gasteiger partial charge in [-0.25, -0.2) is 0 Å². The summed E-state index contributed by atoms with van der Waals surface area (Å²) in [4.78, 5) is 21.4. The fourth-order valence-corrected chi connectivity index (χ4v) is 1.33. The van der Waals surface area contributed by atoms with Crippen molar-refractivity contribution in [3.05, 3.63) is 42.2 Å². The average Bonchev–Trinajstić information content (AvgIpc) is 2.63. The van der Waals surface area contributed by atoms with Crippen molar-refractivity contribution in [2.45, 2.75) is 0 Å². The van der Waals surface area contributed by atoms with Crippen LogP contribution in [0.3, 0.4) is 0 Å². The summed E-state index contributed by atoms with van der Waals surface area (Å²) in [5.41, 5.74) is 1.31. The van der Waals surface area contributed by atoms with E-state index in [-0.39, 0.29) is 0 Å². The molecule has 13 heavy (non-hydrogen) atoms. The maximum atomic E-state index is 11.1. The molecular weight excluding hydrogens is 166 g/mol. The fourth-order valence-electron chi connectivity index (χ4n) is 1.33. The van der Waals surface area contributed by atoms with Crippen molar-refractivity contribution in [3.63, 3.8) is 0 Å². The molecule has 0 aromatic carbocycles. The van der Waals surface area contributed by atoms with Crippen LogP contribution in [0.15, 0.2) is 36.5 Å². The minimum absolute atomic E-state index is 0.328. The van der Waals surface area contributed by atoms with Gasteiger partial charge in [-0.05, 0) is 24.3 Å². The van der Waals surface area contributed by atoms with Crippen LogP contribution in [0, 0.1) is 0 Å². The van der Waals surface area contributed by atoms with Crippen LogP contribution in [-0.2, 0) is 4.79 Å². The van der Waals surface area contributed by atoms with E-state index in [2.05, 4.69) is 0 Å². The predicted octanol–water partition coefficient (Wildman–Crippen LogP) is 1.32. The van der Waals surface area contributed by atoms with Gasteiger partial charge in [0.05, 0.1) is 5.69 Å². The summed E-state index contributed by atoms with van der Waals surface area (Å²) in [5.74, 6) is -0.498. The summed E-state index contributed by atoms with van der Waals surface area (Å²) >= 11 is 0. The quantitative estimate of drug-likeness (QED) is 0.390. The summed E-state index contributed by atoms with van der Waals surface area (Å²) in [6.07, 6.45) is 2.08. The van der Waals surface area contributed by atoms with Gasteiger partial charge in [0.1, 0.15) is 0 Å². The van der Waals surface area contributed by atoms with Crippen molar-refractivity contribution in [2.75, 3.05) is 0 Å². The number of pyridine rings is 1. The van der Waals surface area contributed by atoms with E-state index in [0.717, 1.165) is 5.52 Å². The molecule has 0 fully saturated rings. The van der Waals surface area contributed by atoms with E-state index < -0.39 is 5.78 Å². The molecule has 0 saturated carbocycles. The summed E-state index contributed by atoms with van der Waals surface area (Å²) < 4.78 is 1.69. The first-order chi connectivity index (χ1) is 6.33. The zero-order chi connectivity index (χ0) is 9.26. The third kappa shape index (κ3) is 1.14. The Hall–Kier alpha value is -1.90. The van der Waals surface area contributed by atoms with Crippen molar-refractivity contribution in [1.29, 1.82) is 0 Å². The van der Waals surface area contributed by atoms with Gasteiger partial charge >= 0.3 is 0 Å². The van der Waals surface area contributed by atoms with Crippen LogP contribution in [-0.4, -0.2) is 16.5 Å². The van der Waals surface area contributed by atoms with Crippen LogP contribution in [0.25, 0.3) is 5.52 Å². The molecule has 2 aromatic heterocycles. The van der Waals surface area contributed by atoms with Gasteiger partial charge in [0.2, 0.25) is 5.78 Å². The number of hydrogen-bond donors (Lipinski definition) is 0. The topological polar surface area (TPSA) is 38.5 Å². The third-order valence-corrected chi connectivity index (χ3v) is 1.92. The summed E-state index contributed by atoms with van der Waals surface area (Å²) in [5, 5.41) is 0. The van der Waals surface area contributed by atoms with Crippen molar-refractivity contribution >= 4 is 17.6 Å². The summed E-state index contributed by atoms with van der Waals surface area (Å²) in [6.45, 7) is 0. The molecule has 2 rings (SSSR count). The molecule has 0 saturated heterocycles. The summed E-state index contributed by atoms with van der Waals surface area (Å²) in [7, 11) is 0. The van der Waals surface area contributed by atoms with E-state index in [1.54, 1.807) is 22.7 Å². The SMILES string of the molecule is O=CC(=O)c1cccc2cccn12. The molecule has 0 amide bonds. The van der Waals surface area contributed by atoms with Crippen LogP contribution >= 0.6 is 0 Å². The van der Waals surface area contributed by atoms with Gasteiger partial charge in [0.25, 0.3) is 0 Å². The van der Waals surface area contributed by atoms with Gasteiger partial charge in [0, 0.05) is 11.7 Å². The second-order valence-corrected chi connectivity index (χ2v) is 2.70. The number of fused-ring (bicyclic) bond motifs is 1. The molecule has 0 bridgehead atoms. The lowest BCUT2D eigenvalue weighted by molar-refractivity contribution is -0.104. The molecule has 0 N–H and O–H groups in total. The minimum atomic E-state index is -0.498. The van der Waals surface area contributed by atoms with E-state index >= 15 is 0 Å². The highest BCUT2D eigenvalue weighted by molar-refractivity contribution is 6.32. The van der Waals surface area contributed by atoms with E-state index in [0.29, 0.717) is 12.0 Å². The lowest BCUT2D eigenvalue weighted by Crippen LogP contribution is -2.05. The second-order valence-electron chi connectivity index (χ2n) is 2.70. The Morgan fingerprint density at radius 3 is 2.77 bits per heavy atom. The molecule has 2 heterocycles. The van der Waals surface area contributed by atoms with Crippen molar-refractivity contribution in [3.8, 4) is 0 Å². The largest absolute Gasteiger partial charge is 0.314 e. The van der Waals surface area contributed by atoms with E-state index in [1.807, 2.05) is 18.2 Å². The summed E-state index contributed by atoms with van der Waals surface area (Å²) in [6, 6.07) is 8.97. The van der Waals surface area contributed by atoms with Gasteiger partial charge in [-0.2, -0.15) is 0 Å². The van der Waals surface area contributed by atoms with Gasteiger partial charge in [-0.15, -0.1) is 0 Å². The number of rotatable bonds is 2. The lowest BCUT2D eigenvalue weighted by atomic mass is 10.2. The number of aldehydes is 1. The molecule has 0 radical (unpaired) electrons. The molecular formula is C10H7NO2. The number of ketones is 1. The molecule has 0 aliphatic carbocycles. The lowest BCUT2D eigenvalue weighted by Gasteiger charge is -1.99. The van der Waals surface area contributed by atoms with Gasteiger partial charge in [-0.1, -0.05) is 6.07 Å². The molecule has 0 spiro atoms. The highest BCUT2D eigenvalue weighted by Gasteiger charge is 2.06. The van der Waals surface area contributed by atoms with Crippen LogP contribution in [0.5, 0.6) is 0 Å². The third-order valence-electron chi connectivity index (χ3n) is 1.92. The standard InChI is InChI=1S/C10H7NO2/c12-7-10(13)9-5-1-3-8-4-2-6-11(8)9/h1-7H. The Bertz CT molecular complexity index is 470. The van der Waals surface area contributed by atoms with E-state index in [1.165, 1.54) is 0 Å². The number of aromatic nitrogens is 1. The Morgan fingerprint density at radius 1 is 1.23 bits per heavy atom. The average molecular weight is 173 g/mol. The highest BCUT2D eigenvalue weighted by Crippen LogP contribution is 2.08. The monoisotopic (exact) mass is 173 g/mol. The van der Waals surface area contributed by atoms with Gasteiger partial charge in [-0.3, -0.25) is 9.59 Å². The first-order valence-corrected chi connectivity index (χ1v) is 3.88. The molecule has 0 aliphatic heterocycles. The highest BCUT2D eigenvalue weighted by atomic mass is 16.2. The van der Waals surface area contributed by atoms with Crippen LogP contribution < -0.4 is 0 Å². The maximum absolute atomic E-state index is 11.1. The predicted molar refractivity (Wildman–Crippen MR) is 47.8 cm³/mol. The van der Waals surface area contributed by atoms with Crippen molar-refractivity contribution < 1.29 is 9.59 Å². The van der Waals surface area contributed by atoms with E-state index in [4.69, 9.17) is 0 Å². The number of Topliss-reactive ketones (excluding diaryl/α,β-unsaturated/α-hetero) is 1. The molecule has 3 heteroatoms. The number of carbonyl (C=O) groups excluding carboxylic acids is 2. The number of carbonyl (C=O) groups is 2. The van der Waals surface area contributed by atoms with Gasteiger partial charge < -0.3 is 4.40 Å². The molecule has 64 valence electrons. The molecule has 0 atom stereocenters. The molecule has 0 unspecified atom stereocenters. The number of nitrogens with zero attached hydrogens (tertiary/aromatic N) is 1. The van der Waals surface area contributed by atoms with Gasteiger partial charge in [0.15, 0.2) is 6.29 Å². The molecule has 0 aliphatic rings. The van der Waals surface area contributed by atoms with Crippen molar-refractivity contribution in [2.24, 2.45) is 0 Å². The second kappa shape index (κ2) is 2.86. The molecule has 2 aromatic rings. The van der Waals surface area contributed by atoms with Crippen LogP contribution in [0.2, 0.25) is 0 Å². The Balaban J connectivity index is 2.74. The zero-order valence-electron chi connectivity index (χ0n) is 6.81. The fraction of sp³-hybridized carbons (Fsp3) is 0. The van der Waals surface area contributed by atoms with Crippen LogP contribution in [0.1, 0.15) is 10.5 Å². The first-order valence-electron chi connectivity index (χ1n) is 3.88. The molecule has 3 nitrogen and oxygen atoms in total. The smallest absolute Gasteiger partial charge is 0.242 e. The Morgan fingerprint density at radius 2 is 2.00 bits per heavy atom. The normalized spacial score (nSPS) is 10.2. The zero-order valence-corrected chi connectivity index (χ0v) is 6.81. The Kier molecular flexibility index (Phi) is 1.70. The minimum Gasteiger partial charge on any atom is -0.314 e. The first kappa shape index (κ1) is 7.73. The van der Waals surface area contributed by atoms with E-state index in [9.17, 15) is 9.59 Å². The Labute approximate surface area is 74.6 Å². The van der Waals surface area contributed by atoms with Crippen LogP contribution in [0.4, 0.5) is 0 Å². The number of hydrogen-bond acceptors (Lipinski definition) is 2. The maximum Gasteiger partial charge on any atom is 0.242 e.